The van der Waals surface area contributed by atoms with Gasteiger partial charge < -0.3 is 10.8 Å². The summed E-state index contributed by atoms with van der Waals surface area (Å²) in [7, 11) is 0. The molecule has 0 unspecified atom stereocenters. The van der Waals surface area contributed by atoms with Crippen molar-refractivity contribution in [3.05, 3.63) is 33.4 Å². The molecule has 66 valence electrons. The number of aliphatic hydroxyl groups is 1. The summed E-state index contributed by atoms with van der Waals surface area (Å²) in [6, 6.07) is 7.93. The molecule has 3 heteroatoms. The van der Waals surface area contributed by atoms with Crippen LogP contribution in [-0.2, 0) is 0 Å². The summed E-state index contributed by atoms with van der Waals surface area (Å²) in [4.78, 5) is 0. The zero-order valence-electron chi connectivity index (χ0n) is 6.70. The van der Waals surface area contributed by atoms with E-state index in [-0.39, 0.29) is 12.6 Å². The van der Waals surface area contributed by atoms with Gasteiger partial charge in [0.05, 0.1) is 0 Å². The van der Waals surface area contributed by atoms with E-state index in [9.17, 15) is 0 Å². The molecular weight excluding hydrogens is 265 g/mol. The Kier molecular flexibility index (Phi) is 3.97. The van der Waals surface area contributed by atoms with E-state index in [2.05, 4.69) is 22.6 Å². The lowest BCUT2D eigenvalue weighted by Gasteiger charge is -2.11. The van der Waals surface area contributed by atoms with Crippen molar-refractivity contribution in [2.45, 2.75) is 12.5 Å². The maximum atomic E-state index is 8.71. The minimum absolute atomic E-state index is 0.0388. The Morgan fingerprint density at radius 2 is 2.08 bits per heavy atom. The zero-order chi connectivity index (χ0) is 8.97. The highest BCUT2D eigenvalue weighted by Gasteiger charge is 2.07. The minimum Gasteiger partial charge on any atom is -0.396 e. The van der Waals surface area contributed by atoms with E-state index in [1.807, 2.05) is 24.3 Å². The summed E-state index contributed by atoms with van der Waals surface area (Å²) >= 11 is 2.25. The van der Waals surface area contributed by atoms with Gasteiger partial charge in [0, 0.05) is 16.2 Å². The maximum absolute atomic E-state index is 8.71. The zero-order valence-corrected chi connectivity index (χ0v) is 8.86. The number of halogens is 1. The van der Waals surface area contributed by atoms with Crippen LogP contribution >= 0.6 is 22.6 Å². The molecule has 0 bridgehead atoms. The van der Waals surface area contributed by atoms with Gasteiger partial charge in [-0.25, -0.2) is 0 Å². The van der Waals surface area contributed by atoms with Gasteiger partial charge in [-0.3, -0.25) is 0 Å². The number of nitrogens with two attached hydrogens (primary N) is 1. The van der Waals surface area contributed by atoms with Gasteiger partial charge in [-0.2, -0.15) is 0 Å². The summed E-state index contributed by atoms with van der Waals surface area (Å²) in [5.74, 6) is 0. The van der Waals surface area contributed by atoms with Crippen molar-refractivity contribution in [1.82, 2.24) is 0 Å². The topological polar surface area (TPSA) is 46.2 Å². The molecule has 1 aromatic rings. The molecule has 1 atom stereocenters. The lowest BCUT2D eigenvalue weighted by molar-refractivity contribution is 0.276. The van der Waals surface area contributed by atoms with Gasteiger partial charge in [0.25, 0.3) is 0 Å². The lowest BCUT2D eigenvalue weighted by Crippen LogP contribution is -2.13. The van der Waals surface area contributed by atoms with Crippen molar-refractivity contribution >= 4 is 22.6 Å². The van der Waals surface area contributed by atoms with E-state index in [4.69, 9.17) is 10.8 Å². The van der Waals surface area contributed by atoms with Crippen LogP contribution < -0.4 is 5.73 Å². The summed E-state index contributed by atoms with van der Waals surface area (Å²) in [5, 5.41) is 8.71. The van der Waals surface area contributed by atoms with Gasteiger partial charge in [-0.05, 0) is 40.6 Å². The molecule has 0 fully saturated rings. The van der Waals surface area contributed by atoms with Crippen LogP contribution in [0, 0.1) is 3.57 Å². The highest BCUT2D eigenvalue weighted by Crippen LogP contribution is 2.19. The quantitative estimate of drug-likeness (QED) is 0.826. The van der Waals surface area contributed by atoms with E-state index < -0.39 is 0 Å². The fourth-order valence-corrected chi connectivity index (χ4v) is 1.86. The predicted octanol–water partition coefficient (Wildman–Crippen LogP) is 1.67. The smallest absolute Gasteiger partial charge is 0.0449 e. The highest BCUT2D eigenvalue weighted by atomic mass is 127. The van der Waals surface area contributed by atoms with Gasteiger partial charge in [-0.15, -0.1) is 0 Å². The average Bonchev–Trinajstić information content (AvgIpc) is 2.05. The second-order valence-corrected chi connectivity index (χ2v) is 3.80. The normalized spacial score (nSPS) is 12.9. The first-order valence-corrected chi connectivity index (χ1v) is 4.94. The molecule has 0 heterocycles. The first-order chi connectivity index (χ1) is 5.75. The molecule has 1 aromatic carbocycles. The molecule has 0 amide bonds. The second-order valence-electron chi connectivity index (χ2n) is 2.64. The van der Waals surface area contributed by atoms with Crippen LogP contribution in [0.15, 0.2) is 24.3 Å². The lowest BCUT2D eigenvalue weighted by atomic mass is 10.1. The highest BCUT2D eigenvalue weighted by molar-refractivity contribution is 14.1. The Balaban J connectivity index is 2.79. The first-order valence-electron chi connectivity index (χ1n) is 3.86. The first kappa shape index (κ1) is 9.95. The molecule has 0 radical (unpaired) electrons. The molecule has 3 N–H and O–H groups in total. The molecule has 0 aromatic heterocycles. The molecule has 12 heavy (non-hydrogen) atoms. The molecule has 0 saturated carbocycles. The number of aliphatic hydroxyl groups excluding tert-OH is 1. The Labute approximate surface area is 85.9 Å². The average molecular weight is 277 g/mol. The van der Waals surface area contributed by atoms with Crippen molar-refractivity contribution in [3.63, 3.8) is 0 Å². The Morgan fingerprint density at radius 1 is 1.42 bits per heavy atom. The summed E-state index contributed by atoms with van der Waals surface area (Å²) in [6.45, 7) is 0.145. The molecule has 0 aliphatic rings. The van der Waals surface area contributed by atoms with E-state index in [0.29, 0.717) is 6.42 Å². The number of hydrogen-bond donors (Lipinski definition) is 2. The van der Waals surface area contributed by atoms with E-state index in [1.54, 1.807) is 0 Å². The molecule has 0 aliphatic carbocycles. The van der Waals surface area contributed by atoms with Crippen molar-refractivity contribution in [1.29, 1.82) is 0 Å². The minimum atomic E-state index is -0.0388. The standard InChI is InChI=1S/C9H12INO/c10-8-4-2-1-3-7(8)9(11)5-6-12/h1-4,9,12H,5-6,11H2/t9-/m1/s1. The fraction of sp³-hybridized carbons (Fsp3) is 0.333. The summed E-state index contributed by atoms with van der Waals surface area (Å²) < 4.78 is 1.16. The van der Waals surface area contributed by atoms with E-state index in [0.717, 1.165) is 9.13 Å². The number of benzene rings is 1. The largest absolute Gasteiger partial charge is 0.396 e. The second kappa shape index (κ2) is 4.79. The van der Waals surface area contributed by atoms with Gasteiger partial charge in [0.15, 0.2) is 0 Å². The monoisotopic (exact) mass is 277 g/mol. The summed E-state index contributed by atoms with van der Waals surface area (Å²) in [5.41, 5.74) is 6.96. The van der Waals surface area contributed by atoms with Gasteiger partial charge in [-0.1, -0.05) is 18.2 Å². The fourth-order valence-electron chi connectivity index (χ4n) is 1.07. The van der Waals surface area contributed by atoms with Gasteiger partial charge >= 0.3 is 0 Å². The van der Waals surface area contributed by atoms with Crippen LogP contribution in [-0.4, -0.2) is 11.7 Å². The number of rotatable bonds is 3. The van der Waals surface area contributed by atoms with Gasteiger partial charge in [0.1, 0.15) is 0 Å². The molecule has 0 aliphatic heterocycles. The van der Waals surface area contributed by atoms with Crippen LogP contribution in [0.4, 0.5) is 0 Å². The van der Waals surface area contributed by atoms with Crippen LogP contribution in [0.5, 0.6) is 0 Å². The van der Waals surface area contributed by atoms with E-state index >= 15 is 0 Å². The van der Waals surface area contributed by atoms with Crippen LogP contribution in [0.2, 0.25) is 0 Å². The van der Waals surface area contributed by atoms with Gasteiger partial charge in [0.2, 0.25) is 0 Å². The van der Waals surface area contributed by atoms with E-state index in [1.165, 1.54) is 0 Å². The molecule has 2 nitrogen and oxygen atoms in total. The third kappa shape index (κ3) is 2.43. The molecule has 0 saturated heterocycles. The Morgan fingerprint density at radius 3 is 2.67 bits per heavy atom. The van der Waals surface area contributed by atoms with Crippen molar-refractivity contribution in [2.75, 3.05) is 6.61 Å². The Bertz CT molecular complexity index is 252. The molecule has 1 rings (SSSR count). The van der Waals surface area contributed by atoms with Crippen molar-refractivity contribution in [2.24, 2.45) is 5.73 Å². The maximum Gasteiger partial charge on any atom is 0.0449 e. The van der Waals surface area contributed by atoms with Crippen molar-refractivity contribution in [3.8, 4) is 0 Å². The van der Waals surface area contributed by atoms with Crippen LogP contribution in [0.1, 0.15) is 18.0 Å². The summed E-state index contributed by atoms with van der Waals surface area (Å²) in [6.07, 6.45) is 0.625. The Hall–Kier alpha value is -0.130. The third-order valence-corrected chi connectivity index (χ3v) is 2.73. The third-order valence-electron chi connectivity index (χ3n) is 1.74. The molecule has 0 spiro atoms. The van der Waals surface area contributed by atoms with Crippen LogP contribution in [0.3, 0.4) is 0 Å². The predicted molar refractivity (Wildman–Crippen MR) is 57.8 cm³/mol. The molecular formula is C9H12INO. The SMILES string of the molecule is N[C@H](CCO)c1ccccc1I. The number of hydrogen-bond acceptors (Lipinski definition) is 2. The van der Waals surface area contributed by atoms with Crippen LogP contribution in [0.25, 0.3) is 0 Å². The van der Waals surface area contributed by atoms with Crippen molar-refractivity contribution < 1.29 is 5.11 Å².